The van der Waals surface area contributed by atoms with Crippen LogP contribution in [0.1, 0.15) is 11.1 Å². The molecule has 0 bridgehead atoms. The van der Waals surface area contributed by atoms with Gasteiger partial charge in [-0.15, -0.1) is 0 Å². The van der Waals surface area contributed by atoms with Gasteiger partial charge in [0.2, 0.25) is 10.0 Å². The molecule has 1 aromatic heterocycles. The fourth-order valence-electron chi connectivity index (χ4n) is 1.57. The maximum atomic E-state index is 12.0. The number of aromatic nitrogens is 2. The molecule has 18 heavy (non-hydrogen) atoms. The SMILES string of the molecule is Cc1cc(N)cc(S(=O)(=O)NCc2cn[nH]c2)c1. The van der Waals surface area contributed by atoms with Crippen molar-refractivity contribution in [2.75, 3.05) is 5.73 Å². The molecule has 0 saturated carbocycles. The number of nitrogens with zero attached hydrogens (tertiary/aromatic N) is 1. The van der Waals surface area contributed by atoms with Crippen molar-refractivity contribution in [1.82, 2.24) is 14.9 Å². The monoisotopic (exact) mass is 266 g/mol. The van der Waals surface area contributed by atoms with Gasteiger partial charge in [-0.05, 0) is 30.7 Å². The molecule has 0 aliphatic carbocycles. The molecule has 0 fully saturated rings. The minimum Gasteiger partial charge on any atom is -0.399 e. The summed E-state index contributed by atoms with van der Waals surface area (Å²) in [4.78, 5) is 0.170. The third kappa shape index (κ3) is 2.88. The Bertz CT molecular complexity index is 615. The number of rotatable bonds is 4. The van der Waals surface area contributed by atoms with Gasteiger partial charge < -0.3 is 5.73 Å². The van der Waals surface area contributed by atoms with Gasteiger partial charge in [0.25, 0.3) is 0 Å². The van der Waals surface area contributed by atoms with Gasteiger partial charge in [-0.25, -0.2) is 13.1 Å². The van der Waals surface area contributed by atoms with Gasteiger partial charge in [-0.3, -0.25) is 5.10 Å². The Balaban J connectivity index is 2.20. The van der Waals surface area contributed by atoms with E-state index in [0.717, 1.165) is 11.1 Å². The molecule has 0 amide bonds. The number of benzene rings is 1. The molecular formula is C11H14N4O2S. The number of nitrogens with two attached hydrogens (primary N) is 1. The zero-order valence-corrected chi connectivity index (χ0v) is 10.7. The van der Waals surface area contributed by atoms with E-state index in [1.54, 1.807) is 31.5 Å². The number of nitrogen functional groups attached to an aromatic ring is 1. The van der Waals surface area contributed by atoms with Crippen LogP contribution in [0.4, 0.5) is 5.69 Å². The molecule has 6 nitrogen and oxygen atoms in total. The fourth-order valence-corrected chi connectivity index (χ4v) is 2.72. The third-order valence-electron chi connectivity index (χ3n) is 2.40. The highest BCUT2D eigenvalue weighted by Crippen LogP contribution is 2.16. The minimum absolute atomic E-state index is 0.170. The summed E-state index contributed by atoms with van der Waals surface area (Å²) in [6, 6.07) is 4.73. The van der Waals surface area contributed by atoms with E-state index in [2.05, 4.69) is 14.9 Å². The second-order valence-electron chi connectivity index (χ2n) is 4.01. The predicted molar refractivity (Wildman–Crippen MR) is 68.2 cm³/mol. The Morgan fingerprint density at radius 3 is 2.78 bits per heavy atom. The van der Waals surface area contributed by atoms with Crippen molar-refractivity contribution in [3.8, 4) is 0 Å². The number of nitrogens with one attached hydrogen (secondary N) is 2. The topological polar surface area (TPSA) is 101 Å². The standard InChI is InChI=1S/C11H14N4O2S/c1-8-2-10(12)4-11(3-8)18(16,17)15-7-9-5-13-14-6-9/h2-6,15H,7,12H2,1H3,(H,13,14). The van der Waals surface area contributed by atoms with Gasteiger partial charge in [-0.1, -0.05) is 0 Å². The Morgan fingerprint density at radius 1 is 1.39 bits per heavy atom. The minimum atomic E-state index is -3.55. The lowest BCUT2D eigenvalue weighted by atomic mass is 10.2. The van der Waals surface area contributed by atoms with E-state index >= 15 is 0 Å². The van der Waals surface area contributed by atoms with Crippen molar-refractivity contribution in [3.05, 3.63) is 41.7 Å². The van der Waals surface area contributed by atoms with Crippen LogP contribution >= 0.6 is 0 Å². The molecule has 2 aromatic rings. The fraction of sp³-hybridized carbons (Fsp3) is 0.182. The molecular weight excluding hydrogens is 252 g/mol. The van der Waals surface area contributed by atoms with Gasteiger partial charge in [0, 0.05) is 24.0 Å². The number of sulfonamides is 1. The van der Waals surface area contributed by atoms with Crippen molar-refractivity contribution in [1.29, 1.82) is 0 Å². The highest BCUT2D eigenvalue weighted by Gasteiger charge is 2.14. The van der Waals surface area contributed by atoms with Gasteiger partial charge in [0.05, 0.1) is 11.1 Å². The second kappa shape index (κ2) is 4.79. The van der Waals surface area contributed by atoms with E-state index < -0.39 is 10.0 Å². The zero-order valence-electron chi connectivity index (χ0n) is 9.84. The zero-order chi connectivity index (χ0) is 13.2. The van der Waals surface area contributed by atoms with Gasteiger partial charge in [-0.2, -0.15) is 5.10 Å². The van der Waals surface area contributed by atoms with Crippen molar-refractivity contribution < 1.29 is 8.42 Å². The summed E-state index contributed by atoms with van der Waals surface area (Å²) in [7, 11) is -3.55. The largest absolute Gasteiger partial charge is 0.399 e. The smallest absolute Gasteiger partial charge is 0.240 e. The molecule has 2 rings (SSSR count). The van der Waals surface area contributed by atoms with E-state index in [1.165, 1.54) is 6.07 Å². The number of hydrogen-bond acceptors (Lipinski definition) is 4. The van der Waals surface area contributed by atoms with Gasteiger partial charge in [0.15, 0.2) is 0 Å². The average molecular weight is 266 g/mol. The Labute approximate surface area is 105 Å². The van der Waals surface area contributed by atoms with Crippen LogP contribution in [-0.4, -0.2) is 18.6 Å². The van der Waals surface area contributed by atoms with E-state index in [9.17, 15) is 8.42 Å². The van der Waals surface area contributed by atoms with Crippen LogP contribution in [-0.2, 0) is 16.6 Å². The van der Waals surface area contributed by atoms with E-state index in [1.807, 2.05) is 0 Å². The molecule has 0 atom stereocenters. The maximum absolute atomic E-state index is 12.0. The summed E-state index contributed by atoms with van der Waals surface area (Å²) in [5, 5.41) is 6.36. The van der Waals surface area contributed by atoms with Gasteiger partial charge in [0.1, 0.15) is 0 Å². The summed E-state index contributed by atoms with van der Waals surface area (Å²) in [6.07, 6.45) is 3.19. The molecule has 0 aliphatic heterocycles. The summed E-state index contributed by atoms with van der Waals surface area (Å²) in [5.41, 5.74) is 7.64. The first-order valence-electron chi connectivity index (χ1n) is 5.32. The quantitative estimate of drug-likeness (QED) is 0.712. The van der Waals surface area contributed by atoms with Crippen LogP contribution in [0.15, 0.2) is 35.5 Å². The number of anilines is 1. The van der Waals surface area contributed by atoms with Crippen molar-refractivity contribution >= 4 is 15.7 Å². The van der Waals surface area contributed by atoms with Crippen molar-refractivity contribution in [2.24, 2.45) is 0 Å². The number of H-pyrrole nitrogens is 1. The van der Waals surface area contributed by atoms with Crippen molar-refractivity contribution in [3.63, 3.8) is 0 Å². The van der Waals surface area contributed by atoms with Crippen LogP contribution in [0.5, 0.6) is 0 Å². The molecule has 0 saturated heterocycles. The Kier molecular flexibility index (Phi) is 3.35. The maximum Gasteiger partial charge on any atom is 0.240 e. The van der Waals surface area contributed by atoms with Crippen LogP contribution < -0.4 is 10.5 Å². The molecule has 1 aromatic carbocycles. The molecule has 0 spiro atoms. The number of hydrogen-bond donors (Lipinski definition) is 3. The number of aryl methyl sites for hydroxylation is 1. The number of aromatic amines is 1. The van der Waals surface area contributed by atoms with E-state index in [4.69, 9.17) is 5.73 Å². The normalized spacial score (nSPS) is 11.6. The van der Waals surface area contributed by atoms with Crippen molar-refractivity contribution in [2.45, 2.75) is 18.4 Å². The summed E-state index contributed by atoms with van der Waals surface area (Å²) in [5.74, 6) is 0. The Hall–Kier alpha value is -1.86. The molecule has 0 unspecified atom stereocenters. The highest BCUT2D eigenvalue weighted by atomic mass is 32.2. The summed E-state index contributed by atoms with van der Waals surface area (Å²) in [6.45, 7) is 1.98. The lowest BCUT2D eigenvalue weighted by Gasteiger charge is -2.07. The molecule has 1 heterocycles. The molecule has 4 N–H and O–H groups in total. The Morgan fingerprint density at radius 2 is 2.17 bits per heavy atom. The lowest BCUT2D eigenvalue weighted by molar-refractivity contribution is 0.581. The molecule has 7 heteroatoms. The summed E-state index contributed by atoms with van der Waals surface area (Å²) >= 11 is 0. The highest BCUT2D eigenvalue weighted by molar-refractivity contribution is 7.89. The molecule has 96 valence electrons. The second-order valence-corrected chi connectivity index (χ2v) is 5.78. The molecule has 0 radical (unpaired) electrons. The van der Waals surface area contributed by atoms with Crippen LogP contribution in [0.2, 0.25) is 0 Å². The van der Waals surface area contributed by atoms with E-state index in [0.29, 0.717) is 5.69 Å². The van der Waals surface area contributed by atoms with Crippen LogP contribution in [0.25, 0.3) is 0 Å². The molecule has 0 aliphatic rings. The lowest BCUT2D eigenvalue weighted by Crippen LogP contribution is -2.23. The van der Waals surface area contributed by atoms with Crippen LogP contribution in [0.3, 0.4) is 0 Å². The summed E-state index contributed by atoms with van der Waals surface area (Å²) < 4.78 is 26.6. The first-order valence-corrected chi connectivity index (χ1v) is 6.80. The van der Waals surface area contributed by atoms with Crippen LogP contribution in [0, 0.1) is 6.92 Å². The van der Waals surface area contributed by atoms with Gasteiger partial charge >= 0.3 is 0 Å². The first kappa shape index (κ1) is 12.6. The average Bonchev–Trinajstić information content (AvgIpc) is 2.78. The predicted octanol–water partition coefficient (Wildman–Crippen LogP) is 0.779. The van der Waals surface area contributed by atoms with E-state index in [-0.39, 0.29) is 11.4 Å². The first-order chi connectivity index (χ1) is 8.47. The third-order valence-corrected chi connectivity index (χ3v) is 3.79.